The number of hydrogen-bond acceptors (Lipinski definition) is 3. The van der Waals surface area contributed by atoms with Crippen molar-refractivity contribution in [3.63, 3.8) is 0 Å². The minimum atomic E-state index is -2.86. The van der Waals surface area contributed by atoms with Crippen LogP contribution in [0.15, 0.2) is 48.5 Å². The van der Waals surface area contributed by atoms with Crippen LogP contribution in [0.25, 0.3) is 0 Å². The molecule has 8 heteroatoms. The lowest BCUT2D eigenvalue weighted by atomic mass is 9.96. The summed E-state index contributed by atoms with van der Waals surface area (Å²) in [5, 5.41) is 2.84. The first-order chi connectivity index (χ1) is 13.7. The molecule has 1 heterocycles. The zero-order chi connectivity index (χ0) is 21.2. The summed E-state index contributed by atoms with van der Waals surface area (Å²) in [5.74, 6) is -0.320. The van der Waals surface area contributed by atoms with Crippen LogP contribution in [0.2, 0.25) is 0 Å². The van der Waals surface area contributed by atoms with E-state index in [1.54, 1.807) is 43.0 Å². The molecule has 0 aliphatic carbocycles. The topological polar surface area (TPSA) is 63.1 Å². The molecule has 2 aromatic carbocycles. The molecule has 1 atom stereocenters. The summed E-state index contributed by atoms with van der Waals surface area (Å²) in [4.78, 5) is 28.1. The van der Waals surface area contributed by atoms with Crippen molar-refractivity contribution in [1.82, 2.24) is 0 Å². The van der Waals surface area contributed by atoms with Gasteiger partial charge in [0, 0.05) is 5.56 Å². The number of carbonyl (C=O) groups is 2. The number of amides is 2. The van der Waals surface area contributed by atoms with Crippen LogP contribution in [0, 0.1) is 0 Å². The van der Waals surface area contributed by atoms with Crippen molar-refractivity contribution < 1.29 is 28.0 Å². The first kappa shape index (κ1) is 20.7. The van der Waals surface area contributed by atoms with E-state index in [4.69, 9.17) is 0 Å². The minimum absolute atomic E-state index is 0.0927. The second-order valence-electron chi connectivity index (χ2n) is 7.59. The zero-order valence-corrected chi connectivity index (χ0v) is 16.5. The number of hydrogen-bond donors (Lipinski definition) is 2. The van der Waals surface area contributed by atoms with Gasteiger partial charge in [-0.15, -0.1) is 0 Å². The molecule has 0 saturated heterocycles. The number of likely N-dealkylation sites (N-methyl/N-ethyl adjacent to an activating group) is 1. The summed E-state index contributed by atoms with van der Waals surface area (Å²) in [6.45, 7) is 1.25. The van der Waals surface area contributed by atoms with Crippen molar-refractivity contribution in [2.45, 2.75) is 32.5 Å². The number of halogens is 2. The van der Waals surface area contributed by atoms with Crippen LogP contribution in [0.1, 0.15) is 19.4 Å². The van der Waals surface area contributed by atoms with Crippen molar-refractivity contribution in [2.75, 3.05) is 23.8 Å². The molecule has 6 nitrogen and oxygen atoms in total. The lowest BCUT2D eigenvalue weighted by molar-refractivity contribution is -0.885. The fraction of sp³-hybridized carbons (Fsp3) is 0.333. The van der Waals surface area contributed by atoms with Gasteiger partial charge in [0.25, 0.3) is 5.91 Å². The minimum Gasteiger partial charge on any atom is -0.435 e. The van der Waals surface area contributed by atoms with E-state index in [2.05, 4.69) is 10.1 Å². The third-order valence-electron chi connectivity index (χ3n) is 4.86. The summed E-state index contributed by atoms with van der Waals surface area (Å²) in [5.41, 5.74) is 1.15. The van der Waals surface area contributed by atoms with Gasteiger partial charge in [-0.25, -0.2) is 0 Å². The van der Waals surface area contributed by atoms with Crippen molar-refractivity contribution in [2.24, 2.45) is 0 Å². The normalized spacial score (nSPS) is 16.2. The van der Waals surface area contributed by atoms with E-state index in [0.717, 1.165) is 10.5 Å². The molecule has 3 rings (SSSR count). The van der Waals surface area contributed by atoms with Gasteiger partial charge in [0.05, 0.1) is 18.4 Å². The Kier molecular flexibility index (Phi) is 5.83. The number of alkyl halides is 2. The Balaban J connectivity index is 1.71. The molecule has 0 radical (unpaired) electrons. The second kappa shape index (κ2) is 8.16. The summed E-state index contributed by atoms with van der Waals surface area (Å²) in [7, 11) is 1.87. The van der Waals surface area contributed by atoms with Crippen molar-refractivity contribution in [1.29, 1.82) is 0 Å². The highest BCUT2D eigenvalue weighted by atomic mass is 19.3. The van der Waals surface area contributed by atoms with Gasteiger partial charge in [-0.2, -0.15) is 8.78 Å². The first-order valence-electron chi connectivity index (χ1n) is 9.27. The molecule has 0 saturated carbocycles. The molecule has 29 heavy (non-hydrogen) atoms. The predicted octanol–water partition coefficient (Wildman–Crippen LogP) is 2.07. The molecule has 1 aliphatic heterocycles. The van der Waals surface area contributed by atoms with Crippen molar-refractivity contribution >= 4 is 23.2 Å². The summed E-state index contributed by atoms with van der Waals surface area (Å²) < 4.78 is 28.8. The highest BCUT2D eigenvalue weighted by molar-refractivity contribution is 6.14. The van der Waals surface area contributed by atoms with Crippen molar-refractivity contribution in [3.8, 4) is 5.75 Å². The van der Waals surface area contributed by atoms with E-state index >= 15 is 0 Å². The quantitative estimate of drug-likeness (QED) is 0.775. The van der Waals surface area contributed by atoms with Gasteiger partial charge in [0.2, 0.25) is 5.91 Å². The number of anilines is 2. The summed E-state index contributed by atoms with van der Waals surface area (Å²) in [6.07, 6.45) is 0. The molecule has 0 fully saturated rings. The Hall–Kier alpha value is -3.00. The van der Waals surface area contributed by atoms with Crippen LogP contribution in [-0.4, -0.2) is 37.6 Å². The Morgan fingerprint density at radius 3 is 2.48 bits per heavy atom. The smallest absolute Gasteiger partial charge is 0.387 e. The van der Waals surface area contributed by atoms with Gasteiger partial charge < -0.3 is 15.0 Å². The van der Waals surface area contributed by atoms with E-state index in [0.29, 0.717) is 17.9 Å². The van der Waals surface area contributed by atoms with Crippen LogP contribution < -0.4 is 19.9 Å². The van der Waals surface area contributed by atoms with Gasteiger partial charge in [-0.1, -0.05) is 12.1 Å². The average Bonchev–Trinajstić information content (AvgIpc) is 2.63. The third kappa shape index (κ3) is 4.54. The highest BCUT2D eigenvalue weighted by Crippen LogP contribution is 2.36. The molecule has 154 valence electrons. The maximum absolute atomic E-state index is 13.1. The van der Waals surface area contributed by atoms with Gasteiger partial charge in [-0.05, 0) is 50.2 Å². The van der Waals surface area contributed by atoms with Crippen LogP contribution >= 0.6 is 0 Å². The molecule has 2 amide bonds. The number of fused-ring (bicyclic) bond motifs is 1. The van der Waals surface area contributed by atoms with Crippen molar-refractivity contribution in [3.05, 3.63) is 54.1 Å². The number of carbonyl (C=O) groups excluding carboxylic acids is 2. The third-order valence-corrected chi connectivity index (χ3v) is 4.86. The molecule has 1 aliphatic rings. The molecule has 2 N–H and O–H groups in total. The number of nitrogens with one attached hydrogen (secondary N) is 2. The second-order valence-corrected chi connectivity index (χ2v) is 7.59. The van der Waals surface area contributed by atoms with E-state index in [1.165, 1.54) is 12.1 Å². The van der Waals surface area contributed by atoms with E-state index in [1.807, 2.05) is 19.2 Å². The number of para-hydroxylation sites is 2. The van der Waals surface area contributed by atoms with Crippen LogP contribution in [0.4, 0.5) is 20.2 Å². The number of nitrogens with zero attached hydrogens (tertiary/aromatic N) is 1. The van der Waals surface area contributed by atoms with E-state index < -0.39 is 12.2 Å². The first-order valence-corrected chi connectivity index (χ1v) is 9.27. The fourth-order valence-corrected chi connectivity index (χ4v) is 3.44. The molecule has 2 aromatic rings. The van der Waals surface area contributed by atoms with Crippen LogP contribution in [0.5, 0.6) is 5.75 Å². The largest absolute Gasteiger partial charge is 0.435 e. The molecular weight excluding hydrogens is 380 g/mol. The Bertz CT molecular complexity index is 900. The maximum Gasteiger partial charge on any atom is 0.387 e. The monoisotopic (exact) mass is 404 g/mol. The molecular formula is C21H24F2N3O3+. The molecule has 0 spiro atoms. The number of rotatable bonds is 6. The Labute approximate surface area is 168 Å². The average molecular weight is 404 g/mol. The maximum atomic E-state index is 13.1. The fourth-order valence-electron chi connectivity index (χ4n) is 3.44. The number of quaternary nitrogens is 1. The van der Waals surface area contributed by atoms with Gasteiger partial charge in [-0.3, -0.25) is 14.5 Å². The van der Waals surface area contributed by atoms with Gasteiger partial charge in [0.15, 0.2) is 6.54 Å². The standard InChI is InChI=1S/C21H23F2N3O3/c1-21(2)19(28)24-16-6-4-5-7-17(16)26(21)18(27)13-25(3)12-14-8-10-15(11-9-14)29-20(22)23/h4-11,20H,12-13H2,1-3H3,(H,24,28)/p+1. The van der Waals surface area contributed by atoms with Crippen LogP contribution in [0.3, 0.4) is 0 Å². The molecule has 0 bridgehead atoms. The lowest BCUT2D eigenvalue weighted by Crippen LogP contribution is -3.09. The SMILES string of the molecule is C[NH+](CC(=O)N1c2ccccc2NC(=O)C1(C)C)Cc1ccc(OC(F)F)cc1. The number of benzene rings is 2. The summed E-state index contributed by atoms with van der Waals surface area (Å²) in [6, 6.07) is 13.5. The Morgan fingerprint density at radius 1 is 1.17 bits per heavy atom. The zero-order valence-electron chi connectivity index (χ0n) is 16.5. The lowest BCUT2D eigenvalue weighted by Gasteiger charge is -2.42. The van der Waals surface area contributed by atoms with Gasteiger partial charge in [0.1, 0.15) is 17.8 Å². The predicted molar refractivity (Wildman–Crippen MR) is 105 cm³/mol. The summed E-state index contributed by atoms with van der Waals surface area (Å²) >= 11 is 0. The molecule has 1 unspecified atom stereocenters. The highest BCUT2D eigenvalue weighted by Gasteiger charge is 2.44. The Morgan fingerprint density at radius 2 is 1.83 bits per heavy atom. The molecule has 0 aromatic heterocycles. The van der Waals surface area contributed by atoms with E-state index in [-0.39, 0.29) is 24.1 Å². The number of ether oxygens (including phenoxy) is 1. The van der Waals surface area contributed by atoms with Crippen LogP contribution in [-0.2, 0) is 16.1 Å². The van der Waals surface area contributed by atoms with E-state index in [9.17, 15) is 18.4 Å². The van der Waals surface area contributed by atoms with Gasteiger partial charge >= 0.3 is 6.61 Å².